The van der Waals surface area contributed by atoms with E-state index in [1.54, 1.807) is 6.20 Å². The molecule has 0 aliphatic rings. The zero-order valence-electron chi connectivity index (χ0n) is 11.8. The highest BCUT2D eigenvalue weighted by Gasteiger charge is 2.10. The Morgan fingerprint density at radius 3 is 2.82 bits per heavy atom. The van der Waals surface area contributed by atoms with Crippen LogP contribution in [0.1, 0.15) is 11.1 Å². The predicted molar refractivity (Wildman–Crippen MR) is 79.5 cm³/mol. The summed E-state index contributed by atoms with van der Waals surface area (Å²) in [6, 6.07) is 7.14. The quantitative estimate of drug-likeness (QED) is 0.779. The molecule has 2 aromatic carbocycles. The zero-order valence-corrected chi connectivity index (χ0v) is 11.8. The van der Waals surface area contributed by atoms with Gasteiger partial charge < -0.3 is 5.32 Å². The minimum absolute atomic E-state index is 0.0277. The second-order valence-corrected chi connectivity index (χ2v) is 5.10. The lowest BCUT2D eigenvalue weighted by Gasteiger charge is -2.09. The molecule has 22 heavy (non-hydrogen) atoms. The van der Waals surface area contributed by atoms with Crippen molar-refractivity contribution in [1.82, 2.24) is 10.2 Å². The molecule has 4 nitrogen and oxygen atoms in total. The highest BCUT2D eigenvalue weighted by molar-refractivity contribution is 5.95. The predicted octanol–water partition coefficient (Wildman–Crippen LogP) is 3.33. The van der Waals surface area contributed by atoms with Crippen molar-refractivity contribution in [2.75, 3.05) is 5.32 Å². The fraction of sp³-hybridized carbons (Fsp3) is 0.125. The maximum atomic E-state index is 13.1. The molecule has 1 heterocycles. The number of fused-ring (bicyclic) bond motifs is 1. The number of aromatic amines is 1. The number of amides is 1. The van der Waals surface area contributed by atoms with Gasteiger partial charge in [-0.25, -0.2) is 8.78 Å². The van der Waals surface area contributed by atoms with E-state index in [0.717, 1.165) is 28.6 Å². The van der Waals surface area contributed by atoms with Gasteiger partial charge in [-0.15, -0.1) is 0 Å². The van der Waals surface area contributed by atoms with Crippen molar-refractivity contribution in [1.29, 1.82) is 0 Å². The number of carbonyl (C=O) groups is 1. The standard InChI is InChI=1S/C16H13F2N3O/c1-9-4-15-11(8-19-21-15)7-14(9)20-16(22)6-10-2-3-12(17)13(18)5-10/h2-5,7-8H,6H2,1H3,(H,19,21)(H,20,22). The summed E-state index contributed by atoms with van der Waals surface area (Å²) in [7, 11) is 0. The molecule has 3 aromatic rings. The Morgan fingerprint density at radius 1 is 1.23 bits per heavy atom. The highest BCUT2D eigenvalue weighted by Crippen LogP contribution is 2.22. The first kappa shape index (κ1) is 14.2. The molecule has 0 saturated heterocycles. The van der Waals surface area contributed by atoms with Crippen LogP contribution in [0.5, 0.6) is 0 Å². The number of nitrogens with zero attached hydrogens (tertiary/aromatic N) is 1. The number of nitrogens with one attached hydrogen (secondary N) is 2. The molecule has 0 radical (unpaired) electrons. The molecule has 6 heteroatoms. The maximum Gasteiger partial charge on any atom is 0.228 e. The number of anilines is 1. The molecule has 1 amide bonds. The van der Waals surface area contributed by atoms with Crippen LogP contribution in [0, 0.1) is 18.6 Å². The Kier molecular flexibility index (Phi) is 3.58. The van der Waals surface area contributed by atoms with Crippen LogP contribution in [0.4, 0.5) is 14.5 Å². The largest absolute Gasteiger partial charge is 0.326 e. The molecule has 0 saturated carbocycles. The van der Waals surface area contributed by atoms with E-state index < -0.39 is 11.6 Å². The number of hydrogen-bond acceptors (Lipinski definition) is 2. The lowest BCUT2D eigenvalue weighted by Crippen LogP contribution is -2.15. The number of aromatic nitrogens is 2. The van der Waals surface area contributed by atoms with E-state index in [-0.39, 0.29) is 12.3 Å². The minimum atomic E-state index is -0.957. The average Bonchev–Trinajstić information content (AvgIpc) is 2.90. The van der Waals surface area contributed by atoms with Gasteiger partial charge in [0.2, 0.25) is 5.91 Å². The van der Waals surface area contributed by atoms with Crippen molar-refractivity contribution in [2.45, 2.75) is 13.3 Å². The van der Waals surface area contributed by atoms with Crippen LogP contribution in [-0.4, -0.2) is 16.1 Å². The Hall–Kier alpha value is -2.76. The molecule has 0 atom stereocenters. The van der Waals surface area contributed by atoms with Crippen molar-refractivity contribution in [3.8, 4) is 0 Å². The van der Waals surface area contributed by atoms with Gasteiger partial charge in [-0.1, -0.05) is 6.07 Å². The fourth-order valence-electron chi connectivity index (χ4n) is 2.26. The highest BCUT2D eigenvalue weighted by atomic mass is 19.2. The monoisotopic (exact) mass is 301 g/mol. The molecule has 0 aliphatic heterocycles. The molecule has 3 rings (SSSR count). The normalized spacial score (nSPS) is 10.9. The number of halogens is 2. The van der Waals surface area contributed by atoms with Crippen molar-refractivity contribution in [3.63, 3.8) is 0 Å². The summed E-state index contributed by atoms with van der Waals surface area (Å²) in [6.07, 6.45) is 1.64. The first-order valence-corrected chi connectivity index (χ1v) is 6.70. The van der Waals surface area contributed by atoms with Crippen molar-refractivity contribution in [2.24, 2.45) is 0 Å². The van der Waals surface area contributed by atoms with Crippen LogP contribution in [0.25, 0.3) is 10.9 Å². The molecular formula is C16H13F2N3O. The molecule has 112 valence electrons. The summed E-state index contributed by atoms with van der Waals surface area (Å²) in [6.45, 7) is 1.87. The van der Waals surface area contributed by atoms with Gasteiger partial charge in [-0.3, -0.25) is 9.89 Å². The smallest absolute Gasteiger partial charge is 0.228 e. The first-order valence-electron chi connectivity index (χ1n) is 6.70. The number of hydrogen-bond donors (Lipinski definition) is 2. The van der Waals surface area contributed by atoms with E-state index in [0.29, 0.717) is 11.3 Å². The molecule has 0 unspecified atom stereocenters. The zero-order chi connectivity index (χ0) is 15.7. The lowest BCUT2D eigenvalue weighted by molar-refractivity contribution is -0.115. The van der Waals surface area contributed by atoms with Crippen LogP contribution in [0.15, 0.2) is 36.5 Å². The molecular weight excluding hydrogens is 288 g/mol. The van der Waals surface area contributed by atoms with Gasteiger partial charge in [0.05, 0.1) is 18.1 Å². The van der Waals surface area contributed by atoms with Crippen LogP contribution in [0.3, 0.4) is 0 Å². The minimum Gasteiger partial charge on any atom is -0.326 e. The van der Waals surface area contributed by atoms with E-state index in [1.165, 1.54) is 6.07 Å². The number of benzene rings is 2. The third-order valence-electron chi connectivity index (χ3n) is 3.41. The molecule has 0 fully saturated rings. The number of carbonyl (C=O) groups excluding carboxylic acids is 1. The van der Waals surface area contributed by atoms with Gasteiger partial charge in [-0.2, -0.15) is 5.10 Å². The van der Waals surface area contributed by atoms with E-state index in [1.807, 2.05) is 19.1 Å². The van der Waals surface area contributed by atoms with Crippen LogP contribution >= 0.6 is 0 Å². The SMILES string of the molecule is Cc1cc2[nH]ncc2cc1NC(=O)Cc1ccc(F)c(F)c1. The van der Waals surface area contributed by atoms with E-state index >= 15 is 0 Å². The molecule has 0 bridgehead atoms. The second kappa shape index (κ2) is 5.55. The fourth-order valence-corrected chi connectivity index (χ4v) is 2.26. The number of aryl methyl sites for hydroxylation is 1. The maximum absolute atomic E-state index is 13.1. The third kappa shape index (κ3) is 2.81. The summed E-state index contributed by atoms with van der Waals surface area (Å²) >= 11 is 0. The Labute approximate surface area is 125 Å². The summed E-state index contributed by atoms with van der Waals surface area (Å²) in [5.74, 6) is -2.18. The third-order valence-corrected chi connectivity index (χ3v) is 3.41. The topological polar surface area (TPSA) is 57.8 Å². The molecule has 0 spiro atoms. The van der Waals surface area contributed by atoms with Crippen LogP contribution < -0.4 is 5.32 Å². The van der Waals surface area contributed by atoms with Gasteiger partial charge >= 0.3 is 0 Å². The molecule has 0 aliphatic carbocycles. The van der Waals surface area contributed by atoms with Gasteiger partial charge in [0.25, 0.3) is 0 Å². The summed E-state index contributed by atoms with van der Waals surface area (Å²) < 4.78 is 26.0. The van der Waals surface area contributed by atoms with Crippen LogP contribution in [0.2, 0.25) is 0 Å². The number of H-pyrrole nitrogens is 1. The summed E-state index contributed by atoms with van der Waals surface area (Å²) in [5, 5.41) is 10.4. The number of rotatable bonds is 3. The van der Waals surface area contributed by atoms with Crippen molar-refractivity contribution < 1.29 is 13.6 Å². The van der Waals surface area contributed by atoms with Crippen LogP contribution in [-0.2, 0) is 11.2 Å². The molecule has 2 N–H and O–H groups in total. The Balaban J connectivity index is 1.77. The van der Waals surface area contributed by atoms with E-state index in [9.17, 15) is 13.6 Å². The Morgan fingerprint density at radius 2 is 2.05 bits per heavy atom. The van der Waals surface area contributed by atoms with Gasteiger partial charge in [0.1, 0.15) is 0 Å². The molecule has 1 aromatic heterocycles. The van der Waals surface area contributed by atoms with E-state index in [2.05, 4.69) is 15.5 Å². The van der Waals surface area contributed by atoms with E-state index in [4.69, 9.17) is 0 Å². The summed E-state index contributed by atoms with van der Waals surface area (Å²) in [4.78, 5) is 12.1. The van der Waals surface area contributed by atoms with Crippen molar-refractivity contribution >= 4 is 22.5 Å². The first-order chi connectivity index (χ1) is 10.5. The second-order valence-electron chi connectivity index (χ2n) is 5.10. The average molecular weight is 301 g/mol. The van der Waals surface area contributed by atoms with Gasteiger partial charge in [0, 0.05) is 11.1 Å². The summed E-state index contributed by atoms with van der Waals surface area (Å²) in [5.41, 5.74) is 2.85. The van der Waals surface area contributed by atoms with Crippen molar-refractivity contribution in [3.05, 3.63) is 59.3 Å². The van der Waals surface area contributed by atoms with Gasteiger partial charge in [0.15, 0.2) is 11.6 Å². The Bertz CT molecular complexity index is 858. The lowest BCUT2D eigenvalue weighted by atomic mass is 10.1. The van der Waals surface area contributed by atoms with Gasteiger partial charge in [-0.05, 0) is 42.3 Å².